The van der Waals surface area contributed by atoms with Gasteiger partial charge in [0, 0.05) is 5.56 Å². The molecule has 0 radical (unpaired) electrons. The van der Waals surface area contributed by atoms with Gasteiger partial charge in [-0.1, -0.05) is 15.9 Å². The van der Waals surface area contributed by atoms with Crippen molar-refractivity contribution >= 4 is 21.7 Å². The summed E-state index contributed by atoms with van der Waals surface area (Å²) in [5, 5.41) is 0.256. The van der Waals surface area contributed by atoms with Crippen molar-refractivity contribution < 1.29 is 19.0 Å². The maximum atomic E-state index is 11.6. The minimum absolute atomic E-state index is 0.0424. The molecule has 0 N–H and O–H groups in total. The quantitative estimate of drug-likeness (QED) is 0.616. The Bertz CT molecular complexity index is 365. The van der Waals surface area contributed by atoms with E-state index in [1.807, 2.05) is 0 Å². The van der Waals surface area contributed by atoms with Gasteiger partial charge in [0.1, 0.15) is 0 Å². The minimum atomic E-state index is -0.0424. The summed E-state index contributed by atoms with van der Waals surface area (Å²) in [7, 11) is 4.55. The van der Waals surface area contributed by atoms with Gasteiger partial charge in [-0.05, 0) is 12.1 Å². The third-order valence-corrected chi connectivity index (χ3v) is 2.62. The predicted molar refractivity (Wildman–Crippen MR) is 64.2 cm³/mol. The smallest absolute Gasteiger partial charge is 0.203 e. The number of ketones is 1. The van der Waals surface area contributed by atoms with Crippen LogP contribution >= 0.6 is 15.9 Å². The lowest BCUT2D eigenvalue weighted by Crippen LogP contribution is -2.03. The SMILES string of the molecule is COc1cc(C(=O)CBr)cc(OC)c1OC. The Morgan fingerprint density at radius 2 is 1.62 bits per heavy atom. The monoisotopic (exact) mass is 288 g/mol. The van der Waals surface area contributed by atoms with Crippen molar-refractivity contribution in [2.45, 2.75) is 0 Å². The lowest BCUT2D eigenvalue weighted by atomic mass is 10.1. The highest BCUT2D eigenvalue weighted by atomic mass is 79.9. The van der Waals surface area contributed by atoms with E-state index in [1.165, 1.54) is 21.3 Å². The van der Waals surface area contributed by atoms with E-state index in [1.54, 1.807) is 12.1 Å². The second-order valence-electron chi connectivity index (χ2n) is 2.97. The Hall–Kier alpha value is -1.23. The molecule has 1 aromatic carbocycles. The number of hydrogen-bond acceptors (Lipinski definition) is 4. The fraction of sp³-hybridized carbons (Fsp3) is 0.364. The Morgan fingerprint density at radius 1 is 1.12 bits per heavy atom. The molecule has 0 saturated carbocycles. The second-order valence-corrected chi connectivity index (χ2v) is 3.53. The van der Waals surface area contributed by atoms with Crippen LogP contribution in [-0.4, -0.2) is 32.4 Å². The van der Waals surface area contributed by atoms with Crippen molar-refractivity contribution in [3.63, 3.8) is 0 Å². The van der Waals surface area contributed by atoms with Gasteiger partial charge < -0.3 is 14.2 Å². The number of Topliss-reactive ketones (excluding diaryl/α,β-unsaturated/α-hetero) is 1. The highest BCUT2D eigenvalue weighted by Crippen LogP contribution is 2.38. The summed E-state index contributed by atoms with van der Waals surface area (Å²) in [6.45, 7) is 0. The van der Waals surface area contributed by atoms with E-state index in [4.69, 9.17) is 14.2 Å². The van der Waals surface area contributed by atoms with Gasteiger partial charge in [0.25, 0.3) is 0 Å². The zero-order chi connectivity index (χ0) is 12.1. The Kier molecular flexibility index (Phi) is 4.61. The molecule has 1 aromatic rings. The van der Waals surface area contributed by atoms with Gasteiger partial charge in [-0.2, -0.15) is 0 Å². The fourth-order valence-corrected chi connectivity index (χ4v) is 1.64. The fourth-order valence-electron chi connectivity index (χ4n) is 1.32. The van der Waals surface area contributed by atoms with Crippen molar-refractivity contribution in [1.29, 1.82) is 0 Å². The van der Waals surface area contributed by atoms with Gasteiger partial charge in [-0.3, -0.25) is 4.79 Å². The molecular weight excluding hydrogens is 276 g/mol. The first kappa shape index (κ1) is 12.8. The molecule has 88 valence electrons. The number of rotatable bonds is 5. The first-order valence-corrected chi connectivity index (χ1v) is 5.69. The number of halogens is 1. The molecular formula is C11H13BrO4. The largest absolute Gasteiger partial charge is 0.493 e. The molecule has 16 heavy (non-hydrogen) atoms. The van der Waals surface area contributed by atoms with Crippen molar-refractivity contribution in [3.8, 4) is 17.2 Å². The molecule has 0 spiro atoms. The predicted octanol–water partition coefficient (Wildman–Crippen LogP) is 2.29. The number of ether oxygens (including phenoxy) is 3. The molecule has 0 fully saturated rings. The second kappa shape index (κ2) is 5.75. The number of carbonyl (C=O) groups excluding carboxylic acids is 1. The van der Waals surface area contributed by atoms with E-state index in [2.05, 4.69) is 15.9 Å². The lowest BCUT2D eigenvalue weighted by molar-refractivity contribution is 0.102. The van der Waals surface area contributed by atoms with Gasteiger partial charge in [-0.15, -0.1) is 0 Å². The van der Waals surface area contributed by atoms with Crippen LogP contribution in [0.1, 0.15) is 10.4 Å². The number of hydrogen-bond donors (Lipinski definition) is 0. The summed E-state index contributed by atoms with van der Waals surface area (Å²) in [6, 6.07) is 3.26. The summed E-state index contributed by atoms with van der Waals surface area (Å²) in [5.41, 5.74) is 0.520. The van der Waals surface area contributed by atoms with E-state index in [0.29, 0.717) is 22.8 Å². The summed E-state index contributed by atoms with van der Waals surface area (Å²) >= 11 is 3.12. The van der Waals surface area contributed by atoms with Crippen LogP contribution < -0.4 is 14.2 Å². The van der Waals surface area contributed by atoms with E-state index in [9.17, 15) is 4.79 Å². The molecule has 5 heteroatoms. The molecule has 1 rings (SSSR count). The lowest BCUT2D eigenvalue weighted by Gasteiger charge is -2.13. The highest BCUT2D eigenvalue weighted by Gasteiger charge is 2.15. The molecule has 0 aliphatic heterocycles. The van der Waals surface area contributed by atoms with Crippen LogP contribution in [0.25, 0.3) is 0 Å². The maximum Gasteiger partial charge on any atom is 0.203 e. The van der Waals surface area contributed by atoms with Crippen LogP contribution in [0, 0.1) is 0 Å². The van der Waals surface area contributed by atoms with Gasteiger partial charge in [0.2, 0.25) is 5.75 Å². The van der Waals surface area contributed by atoms with Crippen LogP contribution in [0.2, 0.25) is 0 Å². The number of benzene rings is 1. The normalized spacial score (nSPS) is 9.75. The van der Waals surface area contributed by atoms with Crippen LogP contribution in [0.3, 0.4) is 0 Å². The average molecular weight is 289 g/mol. The topological polar surface area (TPSA) is 44.8 Å². The van der Waals surface area contributed by atoms with Crippen LogP contribution in [0.15, 0.2) is 12.1 Å². The molecule has 0 bridgehead atoms. The summed E-state index contributed by atoms with van der Waals surface area (Å²) in [6.07, 6.45) is 0. The molecule has 0 atom stereocenters. The summed E-state index contributed by atoms with van der Waals surface area (Å²) in [4.78, 5) is 11.6. The molecule has 0 aliphatic carbocycles. The van der Waals surface area contributed by atoms with E-state index < -0.39 is 0 Å². The van der Waals surface area contributed by atoms with Crippen LogP contribution in [0.4, 0.5) is 0 Å². The molecule has 0 unspecified atom stereocenters. The van der Waals surface area contributed by atoms with Crippen LogP contribution in [-0.2, 0) is 0 Å². The van der Waals surface area contributed by atoms with E-state index in [0.717, 1.165) is 0 Å². The molecule has 0 aromatic heterocycles. The van der Waals surface area contributed by atoms with Crippen molar-refractivity contribution in [1.82, 2.24) is 0 Å². The third-order valence-electron chi connectivity index (χ3n) is 2.11. The van der Waals surface area contributed by atoms with E-state index in [-0.39, 0.29) is 11.1 Å². The maximum absolute atomic E-state index is 11.6. The Labute approximate surface area is 103 Å². The molecule has 4 nitrogen and oxygen atoms in total. The molecule has 0 saturated heterocycles. The Morgan fingerprint density at radius 3 is 1.94 bits per heavy atom. The van der Waals surface area contributed by atoms with Gasteiger partial charge in [-0.25, -0.2) is 0 Å². The van der Waals surface area contributed by atoms with Gasteiger partial charge in [0.15, 0.2) is 17.3 Å². The first-order chi connectivity index (χ1) is 7.67. The molecule has 0 aliphatic rings. The number of methoxy groups -OCH3 is 3. The van der Waals surface area contributed by atoms with Crippen molar-refractivity contribution in [2.75, 3.05) is 26.7 Å². The van der Waals surface area contributed by atoms with Gasteiger partial charge >= 0.3 is 0 Å². The first-order valence-electron chi connectivity index (χ1n) is 4.57. The summed E-state index contributed by atoms with van der Waals surface area (Å²) in [5.74, 6) is 1.40. The number of alkyl halides is 1. The average Bonchev–Trinajstić information content (AvgIpc) is 2.35. The van der Waals surface area contributed by atoms with Crippen molar-refractivity contribution in [3.05, 3.63) is 17.7 Å². The molecule has 0 heterocycles. The zero-order valence-corrected chi connectivity index (χ0v) is 11.0. The Balaban J connectivity index is 3.31. The zero-order valence-electron chi connectivity index (χ0n) is 9.37. The summed E-state index contributed by atoms with van der Waals surface area (Å²) < 4.78 is 15.4. The minimum Gasteiger partial charge on any atom is -0.493 e. The van der Waals surface area contributed by atoms with Crippen LogP contribution in [0.5, 0.6) is 17.2 Å². The van der Waals surface area contributed by atoms with Crippen molar-refractivity contribution in [2.24, 2.45) is 0 Å². The highest BCUT2D eigenvalue weighted by molar-refractivity contribution is 9.09. The van der Waals surface area contributed by atoms with Gasteiger partial charge in [0.05, 0.1) is 26.7 Å². The molecule has 0 amide bonds. The number of carbonyl (C=O) groups is 1. The third kappa shape index (κ3) is 2.47. The van der Waals surface area contributed by atoms with E-state index >= 15 is 0 Å². The standard InChI is InChI=1S/C11H13BrO4/c1-14-9-4-7(8(13)6-12)5-10(15-2)11(9)16-3/h4-5H,6H2,1-3H3.